The number of unbranched alkanes of at least 4 members (excludes halogenated alkanes) is 9. The highest BCUT2D eigenvalue weighted by Crippen LogP contribution is 2.25. The van der Waals surface area contributed by atoms with Crippen molar-refractivity contribution in [3.05, 3.63) is 12.2 Å². The summed E-state index contributed by atoms with van der Waals surface area (Å²) in [4.78, 5) is 12.3. The average molecular weight is 613 g/mol. The molecule has 0 saturated carbocycles. The molecule has 0 aromatic rings. The van der Waals surface area contributed by atoms with E-state index in [-0.39, 0.29) is 19.6 Å². The predicted octanol–water partition coefficient (Wildman–Crippen LogP) is 3.23. The highest BCUT2D eigenvalue weighted by molar-refractivity contribution is 7.80. The molecule has 41 heavy (non-hydrogen) atoms. The minimum atomic E-state index is -5.04. The van der Waals surface area contributed by atoms with Gasteiger partial charge in [-0.1, -0.05) is 70.9 Å². The molecule has 4 N–H and O–H groups in total. The number of aliphatic hydroxyl groups is 3. The lowest BCUT2D eigenvalue weighted by Gasteiger charge is -2.41. The van der Waals surface area contributed by atoms with Gasteiger partial charge in [-0.3, -0.25) is 9.35 Å². The number of carbonyl (C=O) groups excluding carboxylic acids is 1. The zero-order chi connectivity index (χ0) is 30.5. The van der Waals surface area contributed by atoms with Gasteiger partial charge < -0.3 is 34.3 Å². The zero-order valence-electron chi connectivity index (χ0n) is 24.6. The third-order valence-electron chi connectivity index (χ3n) is 6.62. The first-order valence-electron chi connectivity index (χ1n) is 14.9. The van der Waals surface area contributed by atoms with Crippen LogP contribution in [0.2, 0.25) is 0 Å². The highest BCUT2D eigenvalue weighted by atomic mass is 32.3. The van der Waals surface area contributed by atoms with Crippen LogP contribution in [0.1, 0.15) is 97.3 Å². The van der Waals surface area contributed by atoms with Crippen LogP contribution in [0.4, 0.5) is 0 Å². The maximum atomic E-state index is 12.3. The quantitative estimate of drug-likeness (QED) is 0.0542. The number of hydrogen-bond donors (Lipinski definition) is 4. The van der Waals surface area contributed by atoms with Gasteiger partial charge in [-0.2, -0.15) is 8.42 Å². The van der Waals surface area contributed by atoms with Crippen molar-refractivity contribution < 1.29 is 56.2 Å². The Morgan fingerprint density at radius 3 is 2.24 bits per heavy atom. The van der Waals surface area contributed by atoms with E-state index in [1.54, 1.807) is 0 Å². The summed E-state index contributed by atoms with van der Waals surface area (Å²) >= 11 is 0. The molecule has 0 aliphatic carbocycles. The Kier molecular flexibility index (Phi) is 20.7. The van der Waals surface area contributed by atoms with Crippen LogP contribution in [0.3, 0.4) is 0 Å². The molecule has 6 atom stereocenters. The van der Waals surface area contributed by atoms with Crippen molar-refractivity contribution in [1.29, 1.82) is 0 Å². The van der Waals surface area contributed by atoms with Crippen LogP contribution in [0.25, 0.3) is 0 Å². The van der Waals surface area contributed by atoms with Crippen LogP contribution in [-0.4, -0.2) is 97.5 Å². The molecule has 0 spiro atoms. The van der Waals surface area contributed by atoms with Crippen LogP contribution < -0.4 is 0 Å². The normalized spacial score (nSPS) is 24.1. The second kappa shape index (κ2) is 22.4. The molecule has 242 valence electrons. The number of carbonyl (C=O) groups is 1. The molecule has 0 aromatic heterocycles. The Labute approximate surface area is 245 Å². The Balaban J connectivity index is 2.54. The van der Waals surface area contributed by atoms with E-state index in [2.05, 4.69) is 23.3 Å². The van der Waals surface area contributed by atoms with E-state index in [0.29, 0.717) is 13.0 Å². The number of hydrogen-bond acceptors (Lipinski definition) is 11. The van der Waals surface area contributed by atoms with Crippen molar-refractivity contribution in [1.82, 2.24) is 0 Å². The smallest absolute Gasteiger partial charge is 0.397 e. The van der Waals surface area contributed by atoms with Gasteiger partial charge in [0.2, 0.25) is 0 Å². The first-order chi connectivity index (χ1) is 19.6. The molecule has 1 rings (SSSR count). The molecule has 0 amide bonds. The number of aliphatic hydroxyl groups excluding tert-OH is 3. The summed E-state index contributed by atoms with van der Waals surface area (Å²) in [5, 5.41) is 30.1. The minimum absolute atomic E-state index is 0.0312. The molecule has 0 aromatic carbocycles. The fourth-order valence-corrected chi connectivity index (χ4v) is 4.83. The Hall–Kier alpha value is -1.16. The van der Waals surface area contributed by atoms with Gasteiger partial charge in [0, 0.05) is 13.0 Å². The fourth-order valence-electron chi connectivity index (χ4n) is 4.32. The predicted molar refractivity (Wildman–Crippen MR) is 151 cm³/mol. The fraction of sp³-hybridized carbons (Fsp3) is 0.893. The average Bonchev–Trinajstić information content (AvgIpc) is 2.92. The Bertz CT molecular complexity index is 806. The second-order valence-corrected chi connectivity index (χ2v) is 11.4. The molecule has 1 aliphatic rings. The van der Waals surface area contributed by atoms with Crippen molar-refractivity contribution in [2.75, 3.05) is 26.4 Å². The van der Waals surface area contributed by atoms with Gasteiger partial charge >= 0.3 is 16.4 Å². The summed E-state index contributed by atoms with van der Waals surface area (Å²) < 4.78 is 57.9. The topological polar surface area (TPSA) is 178 Å². The number of ether oxygens (including phenoxy) is 4. The SMILES string of the molecule is CCC/C=C\CCCCCCCCOCC(COC1OC(CO)C(O)C(OS(=O)(=O)O)C1O)OC(=O)CCCCC. The van der Waals surface area contributed by atoms with E-state index in [4.69, 9.17) is 23.5 Å². The van der Waals surface area contributed by atoms with Crippen LogP contribution in [0.5, 0.6) is 0 Å². The molecular formula is C28H52O12S. The Morgan fingerprint density at radius 2 is 1.59 bits per heavy atom. The van der Waals surface area contributed by atoms with Crippen molar-refractivity contribution in [2.24, 2.45) is 0 Å². The molecular weight excluding hydrogens is 560 g/mol. The minimum Gasteiger partial charge on any atom is -0.457 e. The maximum Gasteiger partial charge on any atom is 0.397 e. The van der Waals surface area contributed by atoms with Crippen molar-refractivity contribution >= 4 is 16.4 Å². The maximum absolute atomic E-state index is 12.3. The zero-order valence-corrected chi connectivity index (χ0v) is 25.4. The molecule has 6 unspecified atom stereocenters. The van der Waals surface area contributed by atoms with Crippen LogP contribution in [0.15, 0.2) is 12.2 Å². The van der Waals surface area contributed by atoms with Gasteiger partial charge in [-0.15, -0.1) is 0 Å². The molecule has 13 heteroatoms. The van der Waals surface area contributed by atoms with Gasteiger partial charge in [0.1, 0.15) is 30.5 Å². The third-order valence-corrected chi connectivity index (χ3v) is 7.08. The largest absolute Gasteiger partial charge is 0.457 e. The van der Waals surface area contributed by atoms with Gasteiger partial charge in [0.15, 0.2) is 6.29 Å². The molecule has 1 saturated heterocycles. The van der Waals surface area contributed by atoms with Gasteiger partial charge in [0.25, 0.3) is 0 Å². The van der Waals surface area contributed by atoms with Gasteiger partial charge in [0.05, 0.1) is 19.8 Å². The first-order valence-corrected chi connectivity index (χ1v) is 16.3. The van der Waals surface area contributed by atoms with Gasteiger partial charge in [-0.25, -0.2) is 4.18 Å². The molecule has 12 nitrogen and oxygen atoms in total. The number of esters is 1. The van der Waals surface area contributed by atoms with Crippen molar-refractivity contribution in [2.45, 2.75) is 134 Å². The number of allylic oxidation sites excluding steroid dienone is 2. The van der Waals surface area contributed by atoms with Crippen molar-refractivity contribution in [3.63, 3.8) is 0 Å². The highest BCUT2D eigenvalue weighted by Gasteiger charge is 2.48. The van der Waals surface area contributed by atoms with E-state index in [9.17, 15) is 28.5 Å². The number of rotatable bonds is 24. The van der Waals surface area contributed by atoms with E-state index >= 15 is 0 Å². The molecule has 0 bridgehead atoms. The summed E-state index contributed by atoms with van der Waals surface area (Å²) in [5.74, 6) is -0.429. The van der Waals surface area contributed by atoms with Gasteiger partial charge in [-0.05, 0) is 32.1 Å². The Morgan fingerprint density at radius 1 is 0.902 bits per heavy atom. The van der Waals surface area contributed by atoms with E-state index in [1.165, 1.54) is 25.7 Å². The lowest BCUT2D eigenvalue weighted by atomic mass is 9.99. The van der Waals surface area contributed by atoms with E-state index in [0.717, 1.165) is 44.9 Å². The summed E-state index contributed by atoms with van der Waals surface area (Å²) in [6.07, 6.45) is 8.00. The summed E-state index contributed by atoms with van der Waals surface area (Å²) in [5.41, 5.74) is 0. The van der Waals surface area contributed by atoms with Crippen molar-refractivity contribution in [3.8, 4) is 0 Å². The van der Waals surface area contributed by atoms with E-state index in [1.807, 2.05) is 6.92 Å². The lowest BCUT2D eigenvalue weighted by molar-refractivity contribution is -0.301. The molecule has 1 heterocycles. The third kappa shape index (κ3) is 17.5. The van der Waals surface area contributed by atoms with Crippen LogP contribution in [0, 0.1) is 0 Å². The molecule has 1 aliphatic heterocycles. The van der Waals surface area contributed by atoms with Crippen LogP contribution >= 0.6 is 0 Å². The molecule has 1 fully saturated rings. The second-order valence-electron chi connectivity index (χ2n) is 10.3. The summed E-state index contributed by atoms with van der Waals surface area (Å²) in [6.45, 7) is 3.67. The summed E-state index contributed by atoms with van der Waals surface area (Å²) in [6, 6.07) is 0. The lowest BCUT2D eigenvalue weighted by Crippen LogP contribution is -2.60. The first kappa shape index (κ1) is 37.9. The summed E-state index contributed by atoms with van der Waals surface area (Å²) in [7, 11) is -5.04. The van der Waals surface area contributed by atoms with Crippen LogP contribution in [-0.2, 0) is 38.3 Å². The van der Waals surface area contributed by atoms with E-state index < -0.39 is 59.8 Å². The standard InChI is InChI=1S/C28H52O12S/c1-3-5-7-8-9-10-11-12-13-14-16-18-36-20-22(38-24(30)17-15-6-4-2)21-37-28-26(32)27(40-41(33,34)35)25(31)23(19-29)39-28/h7-8,22-23,25-29,31-32H,3-6,9-21H2,1-2H3,(H,33,34,35)/b8-7-. The molecule has 0 radical (unpaired) electrons. The monoisotopic (exact) mass is 612 g/mol.